The molecule has 34 heavy (non-hydrogen) atoms. The molecule has 0 bridgehead atoms. The number of fused-ring (bicyclic) bond motifs is 3. The SMILES string of the molecule is N#C/C(=C/c1ccc(-c2ccc3c(c2)C(=O)c2ccccc2C3=O)o1)c1nc2ccccc2s1. The average Bonchev–Trinajstić information content (AvgIpc) is 3.52. The predicted octanol–water partition coefficient (Wildman–Crippen LogP) is 6.40. The van der Waals surface area contributed by atoms with Crippen LogP contribution in [0.2, 0.25) is 0 Å². The molecule has 2 heterocycles. The number of furan rings is 1. The van der Waals surface area contributed by atoms with E-state index in [-0.39, 0.29) is 11.6 Å². The molecule has 0 fully saturated rings. The van der Waals surface area contributed by atoms with Crippen molar-refractivity contribution in [2.24, 2.45) is 0 Å². The normalized spacial score (nSPS) is 13.0. The van der Waals surface area contributed by atoms with Gasteiger partial charge in [0.2, 0.25) is 0 Å². The maximum atomic E-state index is 13.0. The fraction of sp³-hybridized carbons (Fsp3) is 0. The average molecular weight is 458 g/mol. The number of hydrogen-bond donors (Lipinski definition) is 0. The van der Waals surface area contributed by atoms with Crippen LogP contribution in [0, 0.1) is 11.3 Å². The molecule has 0 aliphatic heterocycles. The number of para-hydroxylation sites is 1. The van der Waals surface area contributed by atoms with Gasteiger partial charge < -0.3 is 4.42 Å². The van der Waals surface area contributed by atoms with Crippen molar-refractivity contribution >= 4 is 44.8 Å². The van der Waals surface area contributed by atoms with Crippen LogP contribution >= 0.6 is 11.3 Å². The zero-order valence-electron chi connectivity index (χ0n) is 17.6. The van der Waals surface area contributed by atoms with Crippen LogP contribution in [0.15, 0.2) is 83.3 Å². The van der Waals surface area contributed by atoms with Gasteiger partial charge in [0.25, 0.3) is 0 Å². The van der Waals surface area contributed by atoms with E-state index < -0.39 is 0 Å². The van der Waals surface area contributed by atoms with Crippen molar-refractivity contribution in [3.63, 3.8) is 0 Å². The molecule has 0 radical (unpaired) electrons. The highest BCUT2D eigenvalue weighted by Crippen LogP contribution is 2.33. The fourth-order valence-corrected chi connectivity index (χ4v) is 5.04. The highest BCUT2D eigenvalue weighted by atomic mass is 32.1. The smallest absolute Gasteiger partial charge is 0.194 e. The molecule has 0 saturated carbocycles. The predicted molar refractivity (Wildman–Crippen MR) is 131 cm³/mol. The number of nitrogens with zero attached hydrogens (tertiary/aromatic N) is 2. The van der Waals surface area contributed by atoms with Crippen LogP contribution < -0.4 is 0 Å². The standard InChI is InChI=1S/C28H14N2O3S/c29-15-17(28-30-23-7-3-4-8-25(23)34-28)13-18-10-12-24(33-18)16-9-11-21-22(14-16)27(32)20-6-2-1-5-19(20)26(21)31/h1-14H/b17-13-. The first-order valence-corrected chi connectivity index (χ1v) is 11.3. The van der Waals surface area contributed by atoms with Crippen molar-refractivity contribution in [2.75, 3.05) is 0 Å². The summed E-state index contributed by atoms with van der Waals surface area (Å²) in [4.78, 5) is 30.4. The minimum atomic E-state index is -0.179. The van der Waals surface area contributed by atoms with Crippen molar-refractivity contribution in [1.29, 1.82) is 5.26 Å². The quantitative estimate of drug-likeness (QED) is 0.287. The number of nitriles is 1. The molecule has 5 nitrogen and oxygen atoms in total. The Labute approximate surface area is 198 Å². The van der Waals surface area contributed by atoms with E-state index in [9.17, 15) is 14.9 Å². The Morgan fingerprint density at radius 1 is 0.853 bits per heavy atom. The summed E-state index contributed by atoms with van der Waals surface area (Å²) in [5.41, 5.74) is 3.52. The van der Waals surface area contributed by atoms with Gasteiger partial charge in [0.05, 0.1) is 15.8 Å². The molecule has 6 rings (SSSR count). The van der Waals surface area contributed by atoms with Crippen LogP contribution in [0.25, 0.3) is 33.2 Å². The summed E-state index contributed by atoms with van der Waals surface area (Å²) in [6.45, 7) is 0. The first kappa shape index (κ1) is 20.0. The molecule has 0 unspecified atom stereocenters. The van der Waals surface area contributed by atoms with E-state index in [0.29, 0.717) is 49.9 Å². The second-order valence-corrected chi connectivity index (χ2v) is 8.85. The Hall–Kier alpha value is -4.60. The zero-order valence-corrected chi connectivity index (χ0v) is 18.4. The molecule has 0 atom stereocenters. The van der Waals surface area contributed by atoms with E-state index in [1.54, 1.807) is 60.7 Å². The van der Waals surface area contributed by atoms with Gasteiger partial charge in [0.15, 0.2) is 11.6 Å². The molecule has 1 aliphatic rings. The van der Waals surface area contributed by atoms with Gasteiger partial charge in [-0.15, -0.1) is 11.3 Å². The summed E-state index contributed by atoms with van der Waals surface area (Å²) < 4.78 is 6.98. The lowest BCUT2D eigenvalue weighted by Gasteiger charge is -2.17. The lowest BCUT2D eigenvalue weighted by atomic mass is 9.83. The Kier molecular flexibility index (Phi) is 4.58. The number of allylic oxidation sites excluding steroid dienone is 1. The second kappa shape index (κ2) is 7.77. The topological polar surface area (TPSA) is 84.0 Å². The maximum Gasteiger partial charge on any atom is 0.194 e. The van der Waals surface area contributed by atoms with Crippen LogP contribution in [0.1, 0.15) is 42.6 Å². The van der Waals surface area contributed by atoms with Gasteiger partial charge in [-0.1, -0.05) is 42.5 Å². The van der Waals surface area contributed by atoms with Gasteiger partial charge in [-0.2, -0.15) is 5.26 Å². The molecule has 2 aromatic heterocycles. The van der Waals surface area contributed by atoms with Crippen molar-refractivity contribution in [2.45, 2.75) is 0 Å². The monoisotopic (exact) mass is 458 g/mol. The summed E-state index contributed by atoms with van der Waals surface area (Å²) in [5.74, 6) is 0.696. The summed E-state index contributed by atoms with van der Waals surface area (Å²) in [7, 11) is 0. The molecular weight excluding hydrogens is 444 g/mol. The second-order valence-electron chi connectivity index (χ2n) is 7.82. The molecule has 5 aromatic rings. The van der Waals surface area contributed by atoms with Crippen LogP contribution in [-0.4, -0.2) is 16.6 Å². The van der Waals surface area contributed by atoms with Gasteiger partial charge in [-0.05, 0) is 36.4 Å². The lowest BCUT2D eigenvalue weighted by Crippen LogP contribution is -2.20. The van der Waals surface area contributed by atoms with E-state index >= 15 is 0 Å². The highest BCUT2D eigenvalue weighted by Gasteiger charge is 2.29. The molecule has 3 aromatic carbocycles. The third kappa shape index (κ3) is 3.19. The first-order chi connectivity index (χ1) is 16.6. The molecule has 0 saturated heterocycles. The van der Waals surface area contributed by atoms with Gasteiger partial charge in [0.1, 0.15) is 22.6 Å². The molecule has 160 valence electrons. The minimum Gasteiger partial charge on any atom is -0.457 e. The number of hydrogen-bond acceptors (Lipinski definition) is 6. The first-order valence-electron chi connectivity index (χ1n) is 10.5. The van der Waals surface area contributed by atoms with Gasteiger partial charge in [-0.3, -0.25) is 9.59 Å². The summed E-state index contributed by atoms with van der Waals surface area (Å²) in [6.07, 6.45) is 1.66. The van der Waals surface area contributed by atoms with E-state index in [1.165, 1.54) is 11.3 Å². The number of ketones is 2. The Morgan fingerprint density at radius 2 is 1.56 bits per heavy atom. The maximum absolute atomic E-state index is 13.0. The minimum absolute atomic E-state index is 0.158. The van der Waals surface area contributed by atoms with Crippen molar-refractivity contribution in [1.82, 2.24) is 4.98 Å². The third-order valence-corrected chi connectivity index (χ3v) is 6.84. The number of benzene rings is 3. The summed E-state index contributed by atoms with van der Waals surface area (Å²) in [5, 5.41) is 10.3. The van der Waals surface area contributed by atoms with Crippen molar-refractivity contribution in [3.05, 3.63) is 112 Å². The molecule has 1 aliphatic carbocycles. The molecule has 0 N–H and O–H groups in total. The summed E-state index contributed by atoms with van der Waals surface area (Å²) >= 11 is 1.45. The number of thiazole rings is 1. The van der Waals surface area contributed by atoms with Crippen LogP contribution in [0.4, 0.5) is 0 Å². The van der Waals surface area contributed by atoms with E-state index in [4.69, 9.17) is 4.42 Å². The van der Waals surface area contributed by atoms with Gasteiger partial charge in [-0.25, -0.2) is 4.98 Å². The van der Waals surface area contributed by atoms with Gasteiger partial charge in [0, 0.05) is 33.9 Å². The zero-order chi connectivity index (χ0) is 23.2. The van der Waals surface area contributed by atoms with Crippen molar-refractivity contribution < 1.29 is 14.0 Å². The van der Waals surface area contributed by atoms with E-state index in [0.717, 1.165) is 10.2 Å². The number of rotatable bonds is 3. The van der Waals surface area contributed by atoms with Crippen LogP contribution in [0.3, 0.4) is 0 Å². The number of carbonyl (C=O) groups is 2. The molecule has 0 amide bonds. The van der Waals surface area contributed by atoms with E-state index in [2.05, 4.69) is 11.1 Å². The summed E-state index contributed by atoms with van der Waals surface area (Å²) in [6, 6.07) is 25.5. The Bertz CT molecular complexity index is 1680. The highest BCUT2D eigenvalue weighted by molar-refractivity contribution is 7.19. The largest absolute Gasteiger partial charge is 0.457 e. The molecule has 6 heteroatoms. The number of aromatic nitrogens is 1. The van der Waals surface area contributed by atoms with Gasteiger partial charge >= 0.3 is 0 Å². The molecule has 0 spiro atoms. The van der Waals surface area contributed by atoms with Crippen molar-refractivity contribution in [3.8, 4) is 17.4 Å². The Balaban J connectivity index is 1.35. The fourth-order valence-electron chi connectivity index (χ4n) is 4.11. The lowest BCUT2D eigenvalue weighted by molar-refractivity contribution is 0.0979. The third-order valence-electron chi connectivity index (χ3n) is 5.77. The Morgan fingerprint density at radius 3 is 2.32 bits per heavy atom. The van der Waals surface area contributed by atoms with Crippen LogP contribution in [0.5, 0.6) is 0 Å². The van der Waals surface area contributed by atoms with Crippen LogP contribution in [-0.2, 0) is 0 Å². The number of carbonyl (C=O) groups excluding carboxylic acids is 2. The molecular formula is C28H14N2O3S. The van der Waals surface area contributed by atoms with E-state index in [1.807, 2.05) is 24.3 Å².